The molecule has 0 aromatic heterocycles. The van der Waals surface area contributed by atoms with Gasteiger partial charge in [-0.3, -0.25) is 4.79 Å². The molecule has 34 heavy (non-hydrogen) atoms. The van der Waals surface area contributed by atoms with Gasteiger partial charge in [0.15, 0.2) is 21.4 Å². The van der Waals surface area contributed by atoms with Crippen LogP contribution in [0.2, 0.25) is 5.02 Å². The fourth-order valence-electron chi connectivity index (χ4n) is 4.77. The molecule has 1 amide bonds. The van der Waals surface area contributed by atoms with Crippen molar-refractivity contribution in [2.24, 2.45) is 5.92 Å². The molecule has 11 heteroatoms. The van der Waals surface area contributed by atoms with Crippen LogP contribution in [-0.2, 0) is 24.1 Å². The lowest BCUT2D eigenvalue weighted by Crippen LogP contribution is -2.57. The van der Waals surface area contributed by atoms with Crippen LogP contribution >= 0.6 is 23.4 Å². The SMILES string of the molecule is CNC(=O)CSCC[C@@H]1OCC[C@@]2(S(=O)(=O)c3ccc(Cl)cc3)c3c(F)ccc(F)c3OC[C@@H]12. The number of ether oxygens (including phenoxy) is 2. The largest absolute Gasteiger partial charge is 0.490 e. The summed E-state index contributed by atoms with van der Waals surface area (Å²) < 4.78 is 68.2. The monoisotopic (exact) mass is 531 g/mol. The molecule has 0 bridgehead atoms. The Labute approximate surface area is 206 Å². The van der Waals surface area contributed by atoms with Crippen molar-refractivity contribution in [2.75, 3.05) is 31.8 Å². The third-order valence-electron chi connectivity index (χ3n) is 6.40. The Morgan fingerprint density at radius 3 is 2.62 bits per heavy atom. The molecule has 2 aliphatic rings. The van der Waals surface area contributed by atoms with Crippen LogP contribution in [0.4, 0.5) is 8.78 Å². The Morgan fingerprint density at radius 1 is 1.21 bits per heavy atom. The second kappa shape index (κ2) is 10.0. The molecule has 0 unspecified atom stereocenters. The third kappa shape index (κ3) is 4.29. The van der Waals surface area contributed by atoms with Gasteiger partial charge in [0, 0.05) is 24.6 Å². The number of nitrogens with one attached hydrogen (secondary N) is 1. The number of carbonyl (C=O) groups excluding carboxylic acids is 1. The number of hydrogen-bond donors (Lipinski definition) is 1. The van der Waals surface area contributed by atoms with E-state index in [0.29, 0.717) is 17.2 Å². The molecule has 1 N–H and O–H groups in total. The predicted octanol–water partition coefficient (Wildman–Crippen LogP) is 3.95. The van der Waals surface area contributed by atoms with Gasteiger partial charge in [-0.05, 0) is 55.0 Å². The molecule has 2 aromatic rings. The minimum Gasteiger partial charge on any atom is -0.490 e. The van der Waals surface area contributed by atoms with E-state index in [2.05, 4.69) is 5.32 Å². The zero-order valence-corrected chi connectivity index (χ0v) is 20.7. The maximum Gasteiger partial charge on any atom is 0.229 e. The fourth-order valence-corrected chi connectivity index (χ4v) is 8.11. The van der Waals surface area contributed by atoms with E-state index in [1.54, 1.807) is 7.05 Å². The van der Waals surface area contributed by atoms with E-state index < -0.39 is 38.2 Å². The molecule has 0 spiro atoms. The highest BCUT2D eigenvalue weighted by molar-refractivity contribution is 7.99. The number of hydrogen-bond acceptors (Lipinski definition) is 6. The van der Waals surface area contributed by atoms with Gasteiger partial charge in [-0.1, -0.05) is 11.6 Å². The van der Waals surface area contributed by atoms with Gasteiger partial charge in [-0.2, -0.15) is 11.8 Å². The number of halogens is 3. The molecule has 2 heterocycles. The van der Waals surface area contributed by atoms with E-state index in [1.165, 1.54) is 36.0 Å². The molecule has 2 aromatic carbocycles. The molecule has 0 aliphatic carbocycles. The number of amides is 1. The average molecular weight is 532 g/mol. The van der Waals surface area contributed by atoms with Crippen molar-refractivity contribution >= 4 is 39.1 Å². The van der Waals surface area contributed by atoms with Gasteiger partial charge in [0.05, 0.1) is 28.9 Å². The van der Waals surface area contributed by atoms with Crippen LogP contribution in [0.25, 0.3) is 0 Å². The number of thioether (sulfide) groups is 1. The summed E-state index contributed by atoms with van der Waals surface area (Å²) >= 11 is 7.35. The lowest BCUT2D eigenvalue weighted by Gasteiger charge is -2.50. The first-order valence-corrected chi connectivity index (χ1v) is 13.8. The molecule has 4 rings (SSSR count). The zero-order valence-electron chi connectivity index (χ0n) is 18.4. The van der Waals surface area contributed by atoms with Crippen molar-refractivity contribution in [3.05, 3.63) is 58.6 Å². The van der Waals surface area contributed by atoms with Gasteiger partial charge in [0.25, 0.3) is 0 Å². The first-order valence-electron chi connectivity index (χ1n) is 10.7. The Balaban J connectivity index is 1.79. The first-order chi connectivity index (χ1) is 16.2. The predicted molar refractivity (Wildman–Crippen MR) is 126 cm³/mol. The maximum atomic E-state index is 15.3. The van der Waals surface area contributed by atoms with E-state index in [0.717, 1.165) is 12.1 Å². The minimum absolute atomic E-state index is 0.0342. The number of fused-ring (bicyclic) bond motifs is 3. The highest BCUT2D eigenvalue weighted by atomic mass is 35.5. The van der Waals surface area contributed by atoms with Gasteiger partial charge < -0.3 is 14.8 Å². The summed E-state index contributed by atoms with van der Waals surface area (Å²) in [4.78, 5) is 11.5. The van der Waals surface area contributed by atoms with E-state index in [1.807, 2.05) is 0 Å². The molecule has 1 saturated heterocycles. The second-order valence-corrected chi connectivity index (χ2v) is 11.9. The lowest BCUT2D eigenvalue weighted by atomic mass is 9.75. The van der Waals surface area contributed by atoms with Crippen LogP contribution in [0, 0.1) is 17.6 Å². The highest BCUT2D eigenvalue weighted by Gasteiger charge is 2.61. The molecule has 0 saturated carbocycles. The summed E-state index contributed by atoms with van der Waals surface area (Å²) in [6.45, 7) is -0.103. The van der Waals surface area contributed by atoms with Crippen molar-refractivity contribution in [3.8, 4) is 5.75 Å². The van der Waals surface area contributed by atoms with E-state index >= 15 is 4.39 Å². The van der Waals surface area contributed by atoms with Crippen LogP contribution in [0.15, 0.2) is 41.3 Å². The summed E-state index contributed by atoms with van der Waals surface area (Å²) in [6.07, 6.45) is -0.231. The van der Waals surface area contributed by atoms with E-state index in [-0.39, 0.29) is 47.5 Å². The van der Waals surface area contributed by atoms with E-state index in [9.17, 15) is 17.6 Å². The minimum atomic E-state index is -4.23. The Hall–Kier alpha value is -1.88. The molecular weight excluding hydrogens is 508 g/mol. The Kier molecular flexibility index (Phi) is 7.42. The van der Waals surface area contributed by atoms with Crippen molar-refractivity contribution in [2.45, 2.75) is 28.6 Å². The van der Waals surface area contributed by atoms with Crippen molar-refractivity contribution < 1.29 is 31.5 Å². The Morgan fingerprint density at radius 2 is 1.91 bits per heavy atom. The molecule has 3 atom stereocenters. The standard InChI is InChI=1S/C23H24ClF2NO5S2/c1-27-20(28)13-33-11-8-19-16-12-32-22-18(26)7-6-17(25)21(22)23(16,9-10-31-19)34(29,30)15-4-2-14(24)3-5-15/h2-7,16,19H,8-13H2,1H3,(H,27,28)/t16-,19-,23-/m0/s1. The van der Waals surface area contributed by atoms with Gasteiger partial charge in [0.1, 0.15) is 10.6 Å². The smallest absolute Gasteiger partial charge is 0.229 e. The molecule has 184 valence electrons. The maximum absolute atomic E-state index is 15.3. The first kappa shape index (κ1) is 25.2. The third-order valence-corrected chi connectivity index (χ3v) is 10.2. The zero-order chi connectivity index (χ0) is 24.5. The number of rotatable bonds is 7. The number of sulfone groups is 1. The number of carbonyl (C=O) groups is 1. The summed E-state index contributed by atoms with van der Waals surface area (Å²) in [7, 11) is -2.68. The Bertz CT molecular complexity index is 1180. The van der Waals surface area contributed by atoms with Gasteiger partial charge in [-0.25, -0.2) is 17.2 Å². The molecule has 6 nitrogen and oxygen atoms in total. The summed E-state index contributed by atoms with van der Waals surface area (Å²) in [5.74, 6) is -2.17. The van der Waals surface area contributed by atoms with Gasteiger partial charge >= 0.3 is 0 Å². The van der Waals surface area contributed by atoms with Crippen molar-refractivity contribution in [1.29, 1.82) is 0 Å². The topological polar surface area (TPSA) is 81.7 Å². The van der Waals surface area contributed by atoms with Crippen LogP contribution in [0.5, 0.6) is 5.75 Å². The van der Waals surface area contributed by atoms with Gasteiger partial charge in [-0.15, -0.1) is 0 Å². The van der Waals surface area contributed by atoms with Crippen LogP contribution in [0.3, 0.4) is 0 Å². The van der Waals surface area contributed by atoms with Crippen LogP contribution in [0.1, 0.15) is 18.4 Å². The van der Waals surface area contributed by atoms with Crippen molar-refractivity contribution in [3.63, 3.8) is 0 Å². The highest BCUT2D eigenvalue weighted by Crippen LogP contribution is 2.56. The fraction of sp³-hybridized carbons (Fsp3) is 0.435. The molecule has 2 aliphatic heterocycles. The second-order valence-electron chi connectivity index (χ2n) is 8.17. The quantitative estimate of drug-likeness (QED) is 0.545. The molecular formula is C23H24ClF2NO5S2. The molecule has 1 fully saturated rings. The average Bonchev–Trinajstić information content (AvgIpc) is 2.83. The van der Waals surface area contributed by atoms with Crippen LogP contribution in [-0.4, -0.2) is 52.2 Å². The summed E-state index contributed by atoms with van der Waals surface area (Å²) in [5.41, 5.74) is -0.287. The lowest BCUT2D eigenvalue weighted by molar-refractivity contribution is -0.118. The van der Waals surface area contributed by atoms with Crippen LogP contribution < -0.4 is 10.1 Å². The summed E-state index contributed by atoms with van der Waals surface area (Å²) in [5, 5.41) is 2.90. The van der Waals surface area contributed by atoms with E-state index in [4.69, 9.17) is 21.1 Å². The van der Waals surface area contributed by atoms with Gasteiger partial charge in [0.2, 0.25) is 5.91 Å². The number of benzene rings is 2. The summed E-state index contributed by atoms with van der Waals surface area (Å²) in [6, 6.07) is 7.52. The normalized spacial score (nSPS) is 24.0. The molecule has 0 radical (unpaired) electrons. The van der Waals surface area contributed by atoms with Crippen molar-refractivity contribution in [1.82, 2.24) is 5.32 Å².